The Morgan fingerprint density at radius 1 is 1.20 bits per heavy atom. The summed E-state index contributed by atoms with van der Waals surface area (Å²) in [5.74, 6) is 1.96. The van der Waals surface area contributed by atoms with Crippen molar-refractivity contribution in [3.05, 3.63) is 12.4 Å². The molecule has 1 aromatic rings. The molecule has 1 unspecified atom stereocenters. The molecule has 25 heavy (non-hydrogen) atoms. The van der Waals surface area contributed by atoms with Crippen LogP contribution in [-0.2, 0) is 4.74 Å². The van der Waals surface area contributed by atoms with Gasteiger partial charge < -0.3 is 25.2 Å². The van der Waals surface area contributed by atoms with Gasteiger partial charge in [0.2, 0.25) is 0 Å². The van der Waals surface area contributed by atoms with E-state index in [4.69, 9.17) is 4.74 Å². The lowest BCUT2D eigenvalue weighted by molar-refractivity contribution is 0.194. The molecule has 2 amide bonds. The second kappa shape index (κ2) is 8.84. The third-order valence-corrected chi connectivity index (χ3v) is 4.74. The second-order valence-corrected chi connectivity index (χ2v) is 6.61. The Kier molecular flexibility index (Phi) is 6.27. The van der Waals surface area contributed by atoms with Crippen molar-refractivity contribution in [3.63, 3.8) is 0 Å². The molecule has 2 fully saturated rings. The van der Waals surface area contributed by atoms with E-state index < -0.39 is 0 Å². The molecule has 1 aromatic heterocycles. The van der Waals surface area contributed by atoms with Crippen molar-refractivity contribution in [2.24, 2.45) is 0 Å². The molecule has 2 aliphatic rings. The number of nitrogens with zero attached hydrogens (tertiary/aromatic N) is 4. The lowest BCUT2D eigenvalue weighted by Gasteiger charge is -2.34. The van der Waals surface area contributed by atoms with Crippen LogP contribution in [0.5, 0.6) is 0 Å². The van der Waals surface area contributed by atoms with Gasteiger partial charge in [0.15, 0.2) is 0 Å². The summed E-state index contributed by atoms with van der Waals surface area (Å²) in [5.41, 5.74) is 0. The van der Waals surface area contributed by atoms with Gasteiger partial charge in [0.05, 0.1) is 6.61 Å². The highest BCUT2D eigenvalue weighted by Gasteiger charge is 2.23. The number of aromatic nitrogens is 2. The summed E-state index contributed by atoms with van der Waals surface area (Å²) in [7, 11) is 1.62. The van der Waals surface area contributed by atoms with E-state index in [0.717, 1.165) is 50.7 Å². The number of hydrogen-bond acceptors (Lipinski definition) is 6. The van der Waals surface area contributed by atoms with Crippen LogP contribution < -0.4 is 20.4 Å². The number of urea groups is 1. The number of piperidine rings is 1. The van der Waals surface area contributed by atoms with Gasteiger partial charge in [-0.15, -0.1) is 0 Å². The number of nitrogens with one attached hydrogen (secondary N) is 2. The molecule has 0 radical (unpaired) electrons. The standard InChI is InChI=1S/C17H28N6O2/c1-25-10-6-18-17(24)21-14-5-4-9-23(12-14)16-11-15(19-13-20-16)22-7-2-3-8-22/h11,13-14H,2-10,12H2,1H3,(H2,18,21,24). The predicted octanol–water partition coefficient (Wildman–Crippen LogP) is 0.991. The van der Waals surface area contributed by atoms with Crippen LogP contribution in [0.3, 0.4) is 0 Å². The largest absolute Gasteiger partial charge is 0.383 e. The van der Waals surface area contributed by atoms with Crippen molar-refractivity contribution >= 4 is 17.7 Å². The van der Waals surface area contributed by atoms with Crippen LogP contribution in [0.15, 0.2) is 12.4 Å². The molecule has 3 rings (SSSR count). The van der Waals surface area contributed by atoms with Gasteiger partial charge in [-0.05, 0) is 25.7 Å². The molecule has 2 saturated heterocycles. The molecule has 1 atom stereocenters. The Hall–Kier alpha value is -2.09. The third kappa shape index (κ3) is 4.94. The molecular formula is C17H28N6O2. The molecular weight excluding hydrogens is 320 g/mol. The van der Waals surface area contributed by atoms with Crippen LogP contribution in [0.4, 0.5) is 16.4 Å². The number of ether oxygens (including phenoxy) is 1. The van der Waals surface area contributed by atoms with E-state index in [9.17, 15) is 4.79 Å². The van der Waals surface area contributed by atoms with Gasteiger partial charge in [0.1, 0.15) is 18.0 Å². The first-order valence-electron chi connectivity index (χ1n) is 9.11. The van der Waals surface area contributed by atoms with Crippen molar-refractivity contribution < 1.29 is 9.53 Å². The highest BCUT2D eigenvalue weighted by molar-refractivity contribution is 5.74. The zero-order valence-corrected chi connectivity index (χ0v) is 14.9. The van der Waals surface area contributed by atoms with E-state index in [1.165, 1.54) is 12.8 Å². The number of methoxy groups -OCH3 is 1. The highest BCUT2D eigenvalue weighted by atomic mass is 16.5. The first kappa shape index (κ1) is 17.7. The van der Waals surface area contributed by atoms with Crippen LogP contribution >= 0.6 is 0 Å². The number of carbonyl (C=O) groups excluding carboxylic acids is 1. The zero-order valence-electron chi connectivity index (χ0n) is 14.9. The van der Waals surface area contributed by atoms with E-state index >= 15 is 0 Å². The molecule has 138 valence electrons. The quantitative estimate of drug-likeness (QED) is 0.746. The van der Waals surface area contributed by atoms with Crippen molar-refractivity contribution in [2.75, 3.05) is 56.2 Å². The van der Waals surface area contributed by atoms with Crippen LogP contribution in [0.2, 0.25) is 0 Å². The Labute approximate surface area is 148 Å². The van der Waals surface area contributed by atoms with Gasteiger partial charge in [-0.2, -0.15) is 0 Å². The summed E-state index contributed by atoms with van der Waals surface area (Å²) in [6.07, 6.45) is 6.13. The number of rotatable bonds is 6. The molecule has 8 heteroatoms. The lowest BCUT2D eigenvalue weighted by Crippen LogP contribution is -2.51. The Bertz CT molecular complexity index is 564. The minimum absolute atomic E-state index is 0.126. The molecule has 8 nitrogen and oxygen atoms in total. The van der Waals surface area contributed by atoms with Crippen LogP contribution in [0, 0.1) is 0 Å². The summed E-state index contributed by atoms with van der Waals surface area (Å²) in [5, 5.41) is 5.85. The lowest BCUT2D eigenvalue weighted by atomic mass is 10.1. The fourth-order valence-electron chi connectivity index (χ4n) is 3.44. The minimum atomic E-state index is -0.135. The number of carbonyl (C=O) groups is 1. The summed E-state index contributed by atoms with van der Waals surface area (Å²) in [6, 6.07) is 2.07. The molecule has 0 spiro atoms. The summed E-state index contributed by atoms with van der Waals surface area (Å²) >= 11 is 0. The van der Waals surface area contributed by atoms with E-state index in [1.807, 2.05) is 0 Å². The molecule has 0 aromatic carbocycles. The zero-order chi connectivity index (χ0) is 17.5. The topological polar surface area (TPSA) is 82.6 Å². The number of amides is 2. The predicted molar refractivity (Wildman–Crippen MR) is 97.1 cm³/mol. The Morgan fingerprint density at radius 2 is 1.92 bits per heavy atom. The van der Waals surface area contributed by atoms with Crippen molar-refractivity contribution in [3.8, 4) is 0 Å². The SMILES string of the molecule is COCCNC(=O)NC1CCCN(c2cc(N3CCCC3)ncn2)C1. The maximum Gasteiger partial charge on any atom is 0.315 e. The minimum Gasteiger partial charge on any atom is -0.383 e. The van der Waals surface area contributed by atoms with Gasteiger partial charge in [-0.1, -0.05) is 0 Å². The summed E-state index contributed by atoms with van der Waals surface area (Å²) in [4.78, 5) is 25.4. The van der Waals surface area contributed by atoms with Gasteiger partial charge in [0, 0.05) is 51.9 Å². The van der Waals surface area contributed by atoms with Crippen molar-refractivity contribution in [1.29, 1.82) is 0 Å². The normalized spacial score (nSPS) is 20.6. The number of anilines is 2. The molecule has 3 heterocycles. The summed E-state index contributed by atoms with van der Waals surface area (Å²) < 4.78 is 4.94. The average Bonchev–Trinajstić information content (AvgIpc) is 3.17. The maximum absolute atomic E-state index is 11.9. The van der Waals surface area contributed by atoms with Crippen LogP contribution in [0.1, 0.15) is 25.7 Å². The van der Waals surface area contributed by atoms with Gasteiger partial charge in [-0.25, -0.2) is 14.8 Å². The first-order valence-corrected chi connectivity index (χ1v) is 9.11. The third-order valence-electron chi connectivity index (χ3n) is 4.74. The number of hydrogen-bond donors (Lipinski definition) is 2. The van der Waals surface area contributed by atoms with E-state index in [0.29, 0.717) is 13.2 Å². The molecule has 0 saturated carbocycles. The van der Waals surface area contributed by atoms with Gasteiger partial charge in [0.25, 0.3) is 0 Å². The van der Waals surface area contributed by atoms with Crippen molar-refractivity contribution in [1.82, 2.24) is 20.6 Å². The van der Waals surface area contributed by atoms with Crippen LogP contribution in [0.25, 0.3) is 0 Å². The molecule has 2 N–H and O–H groups in total. The molecule has 0 aliphatic carbocycles. The molecule has 2 aliphatic heterocycles. The van der Waals surface area contributed by atoms with E-state index in [1.54, 1.807) is 13.4 Å². The maximum atomic E-state index is 11.9. The van der Waals surface area contributed by atoms with Crippen LogP contribution in [-0.4, -0.2) is 68.5 Å². The smallest absolute Gasteiger partial charge is 0.315 e. The highest BCUT2D eigenvalue weighted by Crippen LogP contribution is 2.23. The fourth-order valence-corrected chi connectivity index (χ4v) is 3.44. The van der Waals surface area contributed by atoms with E-state index in [2.05, 4.69) is 36.5 Å². The summed E-state index contributed by atoms with van der Waals surface area (Å²) in [6.45, 7) is 4.91. The molecule has 0 bridgehead atoms. The van der Waals surface area contributed by atoms with Gasteiger partial charge >= 0.3 is 6.03 Å². The van der Waals surface area contributed by atoms with Gasteiger partial charge in [-0.3, -0.25) is 0 Å². The fraction of sp³-hybridized carbons (Fsp3) is 0.706. The average molecular weight is 348 g/mol. The monoisotopic (exact) mass is 348 g/mol. The van der Waals surface area contributed by atoms with Crippen molar-refractivity contribution in [2.45, 2.75) is 31.7 Å². The Balaban J connectivity index is 1.55. The second-order valence-electron chi connectivity index (χ2n) is 6.61. The first-order chi connectivity index (χ1) is 12.3. The van der Waals surface area contributed by atoms with E-state index in [-0.39, 0.29) is 12.1 Å². The Morgan fingerprint density at radius 3 is 2.68 bits per heavy atom.